The van der Waals surface area contributed by atoms with Crippen molar-refractivity contribution < 1.29 is 22.4 Å². The summed E-state index contributed by atoms with van der Waals surface area (Å²) in [5, 5.41) is 2.70. The van der Waals surface area contributed by atoms with E-state index in [9.17, 15) is 18.0 Å². The van der Waals surface area contributed by atoms with Gasteiger partial charge < -0.3 is 9.73 Å². The number of hydrogen-bond donors (Lipinski definition) is 1. The fourth-order valence-corrected chi connectivity index (χ4v) is 2.48. The first-order valence-electron chi connectivity index (χ1n) is 8.04. The van der Waals surface area contributed by atoms with Gasteiger partial charge in [0.1, 0.15) is 5.76 Å². The molecule has 26 heavy (non-hydrogen) atoms. The van der Waals surface area contributed by atoms with Gasteiger partial charge in [-0.25, -0.2) is 0 Å². The lowest BCUT2D eigenvalue weighted by Gasteiger charge is -2.07. The number of carbonyl (C=O) groups is 1. The number of anilines is 1. The van der Waals surface area contributed by atoms with Gasteiger partial charge in [0.15, 0.2) is 5.76 Å². The molecule has 0 saturated carbocycles. The molecule has 1 amide bonds. The lowest BCUT2D eigenvalue weighted by atomic mass is 10.1. The molecular formula is C20H16F3NO2. The third kappa shape index (κ3) is 3.96. The number of halogens is 3. The van der Waals surface area contributed by atoms with Crippen molar-refractivity contribution in [1.82, 2.24) is 0 Å². The van der Waals surface area contributed by atoms with Gasteiger partial charge >= 0.3 is 6.18 Å². The second-order valence-corrected chi connectivity index (χ2v) is 5.75. The molecule has 3 rings (SSSR count). The number of nitrogens with one attached hydrogen (secondary N) is 1. The van der Waals surface area contributed by atoms with Gasteiger partial charge in [0, 0.05) is 11.3 Å². The van der Waals surface area contributed by atoms with E-state index in [1.807, 2.05) is 19.1 Å². The summed E-state index contributed by atoms with van der Waals surface area (Å²) >= 11 is 0. The summed E-state index contributed by atoms with van der Waals surface area (Å²) in [6, 6.07) is 15.1. The zero-order valence-electron chi connectivity index (χ0n) is 13.9. The molecule has 0 fully saturated rings. The van der Waals surface area contributed by atoms with E-state index < -0.39 is 17.6 Å². The minimum absolute atomic E-state index is 0.0250. The van der Waals surface area contributed by atoms with Crippen molar-refractivity contribution in [2.75, 3.05) is 5.32 Å². The number of amides is 1. The van der Waals surface area contributed by atoms with E-state index in [4.69, 9.17) is 4.42 Å². The Hall–Kier alpha value is -3.02. The fourth-order valence-electron chi connectivity index (χ4n) is 2.48. The number of rotatable bonds is 4. The Morgan fingerprint density at radius 1 is 1.04 bits per heavy atom. The van der Waals surface area contributed by atoms with Crippen molar-refractivity contribution in [2.45, 2.75) is 19.5 Å². The van der Waals surface area contributed by atoms with E-state index >= 15 is 0 Å². The Bertz CT molecular complexity index is 911. The molecule has 0 aliphatic rings. The van der Waals surface area contributed by atoms with Crippen LogP contribution in [0.3, 0.4) is 0 Å². The van der Waals surface area contributed by atoms with Gasteiger partial charge in [-0.2, -0.15) is 13.2 Å². The molecule has 0 atom stereocenters. The van der Waals surface area contributed by atoms with Crippen LogP contribution in [0.25, 0.3) is 11.3 Å². The third-order valence-corrected chi connectivity index (χ3v) is 3.92. The molecule has 0 aliphatic carbocycles. The van der Waals surface area contributed by atoms with Gasteiger partial charge in [-0.05, 0) is 48.4 Å². The van der Waals surface area contributed by atoms with Crippen molar-refractivity contribution in [3.8, 4) is 11.3 Å². The molecule has 3 aromatic rings. The topological polar surface area (TPSA) is 42.2 Å². The summed E-state index contributed by atoms with van der Waals surface area (Å²) in [5.74, 6) is -0.243. The van der Waals surface area contributed by atoms with Crippen LogP contribution in [0.2, 0.25) is 0 Å². The molecule has 0 unspecified atom stereocenters. The molecule has 3 nitrogen and oxygen atoms in total. The van der Waals surface area contributed by atoms with Crippen LogP contribution in [0.15, 0.2) is 65.1 Å². The predicted molar refractivity (Wildman–Crippen MR) is 92.9 cm³/mol. The Kier molecular flexibility index (Phi) is 4.84. The van der Waals surface area contributed by atoms with E-state index in [0.717, 1.165) is 24.1 Å². The Morgan fingerprint density at radius 3 is 2.42 bits per heavy atom. The van der Waals surface area contributed by atoms with E-state index in [2.05, 4.69) is 5.32 Å². The summed E-state index contributed by atoms with van der Waals surface area (Å²) in [6.07, 6.45) is -3.54. The minimum atomic E-state index is -4.44. The number of benzene rings is 2. The monoisotopic (exact) mass is 359 g/mol. The summed E-state index contributed by atoms with van der Waals surface area (Å²) < 4.78 is 43.9. The van der Waals surface area contributed by atoms with E-state index in [-0.39, 0.29) is 17.1 Å². The van der Waals surface area contributed by atoms with Crippen LogP contribution in [0, 0.1) is 0 Å². The van der Waals surface area contributed by atoms with Gasteiger partial charge in [-0.1, -0.05) is 31.2 Å². The van der Waals surface area contributed by atoms with Crippen LogP contribution in [-0.4, -0.2) is 5.91 Å². The molecule has 0 bridgehead atoms. The van der Waals surface area contributed by atoms with Crippen LogP contribution in [0.5, 0.6) is 0 Å². The van der Waals surface area contributed by atoms with Crippen LogP contribution in [0.4, 0.5) is 18.9 Å². The van der Waals surface area contributed by atoms with Crippen molar-refractivity contribution in [1.29, 1.82) is 0 Å². The zero-order valence-corrected chi connectivity index (χ0v) is 13.9. The molecule has 134 valence electrons. The maximum atomic E-state index is 12.8. The number of alkyl halides is 3. The maximum Gasteiger partial charge on any atom is 0.416 e. The highest BCUT2D eigenvalue weighted by molar-refractivity contribution is 6.02. The lowest BCUT2D eigenvalue weighted by molar-refractivity contribution is -0.137. The normalized spacial score (nSPS) is 11.4. The first-order chi connectivity index (χ1) is 12.4. The highest BCUT2D eigenvalue weighted by atomic mass is 19.4. The van der Waals surface area contributed by atoms with Crippen molar-refractivity contribution >= 4 is 11.6 Å². The zero-order chi connectivity index (χ0) is 18.7. The maximum absolute atomic E-state index is 12.8. The minimum Gasteiger partial charge on any atom is -0.451 e. The number of furan rings is 1. The first-order valence-corrected chi connectivity index (χ1v) is 8.04. The molecule has 0 aliphatic heterocycles. The Balaban J connectivity index is 1.77. The molecular weight excluding hydrogens is 343 g/mol. The largest absolute Gasteiger partial charge is 0.451 e. The molecule has 0 radical (unpaired) electrons. The predicted octanol–water partition coefficient (Wildman–Crippen LogP) is 5.78. The molecule has 2 aromatic carbocycles. The average Bonchev–Trinajstić information content (AvgIpc) is 3.12. The number of hydrogen-bond acceptors (Lipinski definition) is 2. The second-order valence-electron chi connectivity index (χ2n) is 5.75. The lowest BCUT2D eigenvalue weighted by Crippen LogP contribution is -2.10. The van der Waals surface area contributed by atoms with E-state index in [0.29, 0.717) is 5.69 Å². The van der Waals surface area contributed by atoms with Crippen molar-refractivity contribution in [3.63, 3.8) is 0 Å². The van der Waals surface area contributed by atoms with Crippen LogP contribution in [-0.2, 0) is 12.6 Å². The molecule has 0 spiro atoms. The van der Waals surface area contributed by atoms with E-state index in [1.54, 1.807) is 12.1 Å². The molecule has 1 N–H and O–H groups in total. The molecule has 0 saturated heterocycles. The highest BCUT2D eigenvalue weighted by Crippen LogP contribution is 2.32. The molecule has 6 heteroatoms. The SMILES string of the molecule is CCc1ccc(NC(=O)c2ccc(-c3cccc(C(F)(F)F)c3)o2)cc1. The van der Waals surface area contributed by atoms with Gasteiger partial charge in [0.25, 0.3) is 5.91 Å². The molecule has 1 heterocycles. The van der Waals surface area contributed by atoms with Gasteiger partial charge in [0.2, 0.25) is 0 Å². The van der Waals surface area contributed by atoms with Gasteiger partial charge in [-0.3, -0.25) is 4.79 Å². The Morgan fingerprint density at radius 2 is 1.77 bits per heavy atom. The van der Waals surface area contributed by atoms with Gasteiger partial charge in [0.05, 0.1) is 5.56 Å². The first kappa shape index (κ1) is 17.8. The summed E-state index contributed by atoms with van der Waals surface area (Å²) in [7, 11) is 0. The number of aryl methyl sites for hydroxylation is 1. The average molecular weight is 359 g/mol. The van der Waals surface area contributed by atoms with E-state index in [1.165, 1.54) is 24.3 Å². The van der Waals surface area contributed by atoms with Crippen LogP contribution < -0.4 is 5.32 Å². The summed E-state index contributed by atoms with van der Waals surface area (Å²) in [4.78, 5) is 12.3. The highest BCUT2D eigenvalue weighted by Gasteiger charge is 2.30. The van der Waals surface area contributed by atoms with Crippen LogP contribution >= 0.6 is 0 Å². The van der Waals surface area contributed by atoms with Crippen molar-refractivity contribution in [3.05, 3.63) is 77.6 Å². The quantitative estimate of drug-likeness (QED) is 0.641. The summed E-state index contributed by atoms with van der Waals surface area (Å²) in [6.45, 7) is 2.03. The van der Waals surface area contributed by atoms with Crippen LogP contribution in [0.1, 0.15) is 28.6 Å². The second kappa shape index (κ2) is 7.07. The Labute approximate surface area is 148 Å². The number of carbonyl (C=O) groups excluding carboxylic acids is 1. The fraction of sp³-hybridized carbons (Fsp3) is 0.150. The smallest absolute Gasteiger partial charge is 0.416 e. The third-order valence-electron chi connectivity index (χ3n) is 3.92. The van der Waals surface area contributed by atoms with Crippen molar-refractivity contribution in [2.24, 2.45) is 0 Å². The molecule has 1 aromatic heterocycles. The standard InChI is InChI=1S/C20H16F3NO2/c1-2-13-6-8-16(9-7-13)24-19(25)18-11-10-17(26-18)14-4-3-5-15(12-14)20(21,22)23/h3-12H,2H2,1H3,(H,24,25). The summed E-state index contributed by atoms with van der Waals surface area (Å²) in [5.41, 5.74) is 1.25. The van der Waals surface area contributed by atoms with Gasteiger partial charge in [-0.15, -0.1) is 0 Å².